The molecule has 2 heterocycles. The van der Waals surface area contributed by atoms with Crippen LogP contribution in [0, 0.1) is 0 Å². The van der Waals surface area contributed by atoms with Gasteiger partial charge in [0.2, 0.25) is 5.91 Å². The molecule has 29 heavy (non-hydrogen) atoms. The first kappa shape index (κ1) is 19.1. The van der Waals surface area contributed by atoms with E-state index in [1.807, 2.05) is 0 Å². The third kappa shape index (κ3) is 4.14. The zero-order chi connectivity index (χ0) is 20.4. The molecule has 4 rings (SSSR count). The van der Waals surface area contributed by atoms with Crippen LogP contribution in [0.15, 0.2) is 47.3 Å². The average Bonchev–Trinajstić information content (AvgIpc) is 2.73. The van der Waals surface area contributed by atoms with Crippen molar-refractivity contribution in [1.82, 2.24) is 9.97 Å². The number of rotatable bonds is 4. The molecule has 8 heteroatoms. The monoisotopic (exact) mass is 411 g/mol. The molecule has 0 spiro atoms. The Morgan fingerprint density at radius 1 is 1.14 bits per heavy atom. The largest absolute Gasteiger partial charge is 0.454 e. The van der Waals surface area contributed by atoms with Crippen molar-refractivity contribution in [3.8, 4) is 0 Å². The van der Waals surface area contributed by atoms with Crippen LogP contribution >= 0.6 is 11.6 Å². The molecule has 1 aliphatic heterocycles. The fourth-order valence-electron chi connectivity index (χ4n) is 3.30. The SMILES string of the molecule is O=C(OCc1nc2ccc(Cl)cc2c(=O)[nH]1)c1ccc(N2CCCCC2=O)cc1. The van der Waals surface area contributed by atoms with Crippen molar-refractivity contribution in [2.24, 2.45) is 0 Å². The van der Waals surface area contributed by atoms with E-state index in [2.05, 4.69) is 9.97 Å². The number of esters is 1. The molecule has 2 aromatic carbocycles. The number of aromatic amines is 1. The molecule has 1 N–H and O–H groups in total. The molecule has 1 amide bonds. The van der Waals surface area contributed by atoms with Gasteiger partial charge in [0.1, 0.15) is 12.4 Å². The van der Waals surface area contributed by atoms with Crippen molar-refractivity contribution in [2.45, 2.75) is 25.9 Å². The van der Waals surface area contributed by atoms with Crippen LogP contribution in [0.5, 0.6) is 0 Å². The van der Waals surface area contributed by atoms with Crippen LogP contribution in [-0.2, 0) is 16.1 Å². The van der Waals surface area contributed by atoms with Crippen molar-refractivity contribution < 1.29 is 14.3 Å². The molecule has 7 nitrogen and oxygen atoms in total. The first-order valence-electron chi connectivity index (χ1n) is 9.27. The lowest BCUT2D eigenvalue weighted by Crippen LogP contribution is -2.35. The number of benzene rings is 2. The molecule has 1 fully saturated rings. The number of hydrogen-bond acceptors (Lipinski definition) is 5. The smallest absolute Gasteiger partial charge is 0.338 e. The molecule has 148 valence electrons. The Bertz CT molecular complexity index is 1140. The maximum atomic E-state index is 12.3. The first-order valence-corrected chi connectivity index (χ1v) is 9.65. The Hall–Kier alpha value is -3.19. The van der Waals surface area contributed by atoms with E-state index in [9.17, 15) is 14.4 Å². The molecule has 0 atom stereocenters. The number of piperidine rings is 1. The van der Waals surface area contributed by atoms with Crippen molar-refractivity contribution in [2.75, 3.05) is 11.4 Å². The summed E-state index contributed by atoms with van der Waals surface area (Å²) in [5.41, 5.74) is 1.25. The number of anilines is 1. The molecular formula is C21H18ClN3O4. The summed E-state index contributed by atoms with van der Waals surface area (Å²) in [6.45, 7) is 0.522. The zero-order valence-corrected chi connectivity index (χ0v) is 16.2. The molecular weight excluding hydrogens is 394 g/mol. The second-order valence-corrected chi connectivity index (χ2v) is 7.24. The number of aromatic nitrogens is 2. The number of H-pyrrole nitrogens is 1. The van der Waals surface area contributed by atoms with E-state index in [0.29, 0.717) is 34.5 Å². The van der Waals surface area contributed by atoms with Crippen molar-refractivity contribution in [3.05, 3.63) is 69.2 Å². The average molecular weight is 412 g/mol. The third-order valence-corrected chi connectivity index (χ3v) is 5.03. The minimum atomic E-state index is -0.541. The van der Waals surface area contributed by atoms with Crippen LogP contribution in [0.3, 0.4) is 0 Å². The lowest BCUT2D eigenvalue weighted by molar-refractivity contribution is -0.119. The van der Waals surface area contributed by atoms with Gasteiger partial charge in [-0.15, -0.1) is 0 Å². The molecule has 0 bridgehead atoms. The third-order valence-electron chi connectivity index (χ3n) is 4.79. The number of ether oxygens (including phenoxy) is 1. The van der Waals surface area contributed by atoms with E-state index in [1.165, 1.54) is 6.07 Å². The second kappa shape index (κ2) is 8.05. The van der Waals surface area contributed by atoms with Crippen LogP contribution in [0.25, 0.3) is 10.9 Å². The number of fused-ring (bicyclic) bond motifs is 1. The topological polar surface area (TPSA) is 92.4 Å². The van der Waals surface area contributed by atoms with Gasteiger partial charge >= 0.3 is 5.97 Å². The Balaban J connectivity index is 1.44. The summed E-state index contributed by atoms with van der Waals surface area (Å²) in [6.07, 6.45) is 2.43. The number of nitrogens with one attached hydrogen (secondary N) is 1. The molecule has 1 aliphatic rings. The van der Waals surface area contributed by atoms with Gasteiger partial charge in [0.15, 0.2) is 0 Å². The Kier molecular flexibility index (Phi) is 5.31. The molecule has 0 aliphatic carbocycles. The fraction of sp³-hybridized carbons (Fsp3) is 0.238. The number of nitrogens with zero attached hydrogens (tertiary/aromatic N) is 2. The van der Waals surface area contributed by atoms with Gasteiger partial charge in [-0.3, -0.25) is 9.59 Å². The van der Waals surface area contributed by atoms with Gasteiger partial charge in [0.05, 0.1) is 16.5 Å². The standard InChI is InChI=1S/C21H18ClN3O4/c22-14-6-9-17-16(11-14)20(27)24-18(23-17)12-29-21(28)13-4-7-15(8-5-13)25-10-2-1-3-19(25)26/h4-9,11H,1-3,10,12H2,(H,23,24,27). The highest BCUT2D eigenvalue weighted by Crippen LogP contribution is 2.21. The van der Waals surface area contributed by atoms with E-state index in [0.717, 1.165) is 18.5 Å². The summed E-state index contributed by atoms with van der Waals surface area (Å²) in [4.78, 5) is 45.1. The van der Waals surface area contributed by atoms with Crippen LogP contribution in [0.1, 0.15) is 35.4 Å². The zero-order valence-electron chi connectivity index (χ0n) is 15.5. The fourth-order valence-corrected chi connectivity index (χ4v) is 3.47. The lowest BCUT2D eigenvalue weighted by atomic mass is 10.1. The van der Waals surface area contributed by atoms with Gasteiger partial charge in [-0.2, -0.15) is 0 Å². The van der Waals surface area contributed by atoms with E-state index in [4.69, 9.17) is 16.3 Å². The number of hydrogen-bond donors (Lipinski definition) is 1. The molecule has 0 unspecified atom stereocenters. The van der Waals surface area contributed by atoms with Crippen LogP contribution < -0.4 is 10.5 Å². The van der Waals surface area contributed by atoms with Crippen molar-refractivity contribution in [1.29, 1.82) is 0 Å². The van der Waals surface area contributed by atoms with Gasteiger partial charge in [0.25, 0.3) is 5.56 Å². The molecule has 1 saturated heterocycles. The number of amides is 1. The minimum Gasteiger partial charge on any atom is -0.454 e. The molecule has 3 aromatic rings. The van der Waals surface area contributed by atoms with Gasteiger partial charge in [-0.25, -0.2) is 9.78 Å². The molecule has 1 aromatic heterocycles. The molecule has 0 radical (unpaired) electrons. The highest BCUT2D eigenvalue weighted by molar-refractivity contribution is 6.31. The first-order chi connectivity index (χ1) is 14.0. The quantitative estimate of drug-likeness (QED) is 0.664. The van der Waals surface area contributed by atoms with E-state index >= 15 is 0 Å². The van der Waals surface area contributed by atoms with Gasteiger partial charge < -0.3 is 14.6 Å². The number of carbonyl (C=O) groups excluding carboxylic acids is 2. The summed E-state index contributed by atoms with van der Waals surface area (Å²) >= 11 is 5.90. The van der Waals surface area contributed by atoms with E-state index in [1.54, 1.807) is 41.3 Å². The minimum absolute atomic E-state index is 0.0965. The molecule has 0 saturated carbocycles. The van der Waals surface area contributed by atoms with E-state index < -0.39 is 5.97 Å². The summed E-state index contributed by atoms with van der Waals surface area (Å²) in [5.74, 6) is -0.201. The summed E-state index contributed by atoms with van der Waals surface area (Å²) < 4.78 is 5.27. The number of carbonyl (C=O) groups is 2. The van der Waals surface area contributed by atoms with Gasteiger partial charge in [-0.1, -0.05) is 11.6 Å². The second-order valence-electron chi connectivity index (χ2n) is 6.80. The maximum absolute atomic E-state index is 12.3. The summed E-state index contributed by atoms with van der Waals surface area (Å²) in [7, 11) is 0. The Morgan fingerprint density at radius 3 is 2.69 bits per heavy atom. The summed E-state index contributed by atoms with van der Waals surface area (Å²) in [6, 6.07) is 11.5. The Labute approximate surface area is 171 Å². The number of halogens is 1. The van der Waals surface area contributed by atoms with Crippen molar-refractivity contribution in [3.63, 3.8) is 0 Å². The normalized spacial score (nSPS) is 14.2. The summed E-state index contributed by atoms with van der Waals surface area (Å²) in [5, 5.41) is 0.814. The highest BCUT2D eigenvalue weighted by Gasteiger charge is 2.20. The predicted molar refractivity (Wildman–Crippen MR) is 109 cm³/mol. The Morgan fingerprint density at radius 2 is 1.93 bits per heavy atom. The lowest BCUT2D eigenvalue weighted by Gasteiger charge is -2.26. The van der Waals surface area contributed by atoms with Crippen LogP contribution in [0.4, 0.5) is 5.69 Å². The highest BCUT2D eigenvalue weighted by atomic mass is 35.5. The van der Waals surface area contributed by atoms with Gasteiger partial charge in [0, 0.05) is 23.7 Å². The predicted octanol–water partition coefficient (Wildman–Crippen LogP) is 3.45. The van der Waals surface area contributed by atoms with E-state index in [-0.39, 0.29) is 23.9 Å². The maximum Gasteiger partial charge on any atom is 0.338 e. The van der Waals surface area contributed by atoms with Crippen LogP contribution in [-0.4, -0.2) is 28.4 Å². The van der Waals surface area contributed by atoms with Gasteiger partial charge in [-0.05, 0) is 55.3 Å². The van der Waals surface area contributed by atoms with Crippen LogP contribution in [0.2, 0.25) is 5.02 Å². The van der Waals surface area contributed by atoms with Crippen molar-refractivity contribution >= 4 is 40.1 Å².